The lowest BCUT2D eigenvalue weighted by molar-refractivity contribution is 0.152. The van der Waals surface area contributed by atoms with Gasteiger partial charge in [-0.25, -0.2) is 4.98 Å². The van der Waals surface area contributed by atoms with Gasteiger partial charge in [0.1, 0.15) is 5.15 Å². The maximum absolute atomic E-state index is 6.10. The molecule has 1 aliphatic carbocycles. The topological polar surface area (TPSA) is 31.9 Å². The fraction of sp³-hybridized carbons (Fsp3) is 0.550. The van der Waals surface area contributed by atoms with Gasteiger partial charge in [0.05, 0.1) is 12.0 Å². The number of aromatic nitrogens is 2. The SMILES string of the molecule is Clc1nc[nH]c1CCN1CC[C@@H]2C[C@H](Cc3ccccc3)CC[C@@H]21. The number of likely N-dealkylation sites (tertiary alicyclic amines) is 1. The van der Waals surface area contributed by atoms with Gasteiger partial charge in [-0.15, -0.1) is 0 Å². The summed E-state index contributed by atoms with van der Waals surface area (Å²) in [6.07, 6.45) is 9.44. The number of aromatic amines is 1. The van der Waals surface area contributed by atoms with Crippen LogP contribution in [0.1, 0.15) is 36.9 Å². The van der Waals surface area contributed by atoms with Crippen molar-refractivity contribution in [1.82, 2.24) is 14.9 Å². The maximum atomic E-state index is 6.10. The zero-order chi connectivity index (χ0) is 16.4. The molecule has 2 aliphatic rings. The molecule has 1 aliphatic heterocycles. The van der Waals surface area contributed by atoms with Crippen LogP contribution >= 0.6 is 11.6 Å². The van der Waals surface area contributed by atoms with Gasteiger partial charge in [0, 0.05) is 19.0 Å². The highest BCUT2D eigenvalue weighted by atomic mass is 35.5. The number of fused-ring (bicyclic) bond motifs is 1. The fourth-order valence-corrected chi connectivity index (χ4v) is 4.98. The van der Waals surface area contributed by atoms with E-state index in [0.717, 1.165) is 36.5 Å². The molecule has 1 N–H and O–H groups in total. The predicted molar refractivity (Wildman–Crippen MR) is 98.3 cm³/mol. The minimum absolute atomic E-state index is 0.636. The molecule has 0 amide bonds. The van der Waals surface area contributed by atoms with Gasteiger partial charge < -0.3 is 4.98 Å². The van der Waals surface area contributed by atoms with Crippen molar-refractivity contribution in [2.45, 2.75) is 44.6 Å². The van der Waals surface area contributed by atoms with Crippen LogP contribution in [0.2, 0.25) is 5.15 Å². The van der Waals surface area contributed by atoms with Crippen LogP contribution in [0.5, 0.6) is 0 Å². The molecular weight excluding hydrogens is 318 g/mol. The summed E-state index contributed by atoms with van der Waals surface area (Å²) in [5.74, 6) is 1.76. The Hall–Kier alpha value is -1.32. The van der Waals surface area contributed by atoms with Gasteiger partial charge in [0.25, 0.3) is 0 Å². The van der Waals surface area contributed by atoms with Gasteiger partial charge in [0.15, 0.2) is 0 Å². The number of hydrogen-bond donors (Lipinski definition) is 1. The van der Waals surface area contributed by atoms with Crippen LogP contribution in [-0.2, 0) is 12.8 Å². The molecule has 2 fully saturated rings. The first-order valence-corrected chi connectivity index (χ1v) is 9.63. The molecule has 4 rings (SSSR count). The second-order valence-corrected chi connectivity index (χ2v) is 7.80. The van der Waals surface area contributed by atoms with Crippen molar-refractivity contribution < 1.29 is 0 Å². The van der Waals surface area contributed by atoms with E-state index in [4.69, 9.17) is 11.6 Å². The molecule has 4 heteroatoms. The second kappa shape index (κ2) is 7.28. The number of rotatable bonds is 5. The van der Waals surface area contributed by atoms with Crippen molar-refractivity contribution in [2.75, 3.05) is 13.1 Å². The van der Waals surface area contributed by atoms with Crippen LogP contribution in [0.4, 0.5) is 0 Å². The molecule has 0 unspecified atom stereocenters. The van der Waals surface area contributed by atoms with Crippen molar-refractivity contribution in [3.05, 3.63) is 53.1 Å². The maximum Gasteiger partial charge on any atom is 0.150 e. The Morgan fingerprint density at radius 3 is 2.83 bits per heavy atom. The van der Waals surface area contributed by atoms with Crippen LogP contribution in [0, 0.1) is 11.8 Å². The Labute approximate surface area is 149 Å². The summed E-state index contributed by atoms with van der Waals surface area (Å²) in [6.45, 7) is 2.35. The Balaban J connectivity index is 1.30. The minimum Gasteiger partial charge on any atom is -0.347 e. The Bertz CT molecular complexity index is 654. The van der Waals surface area contributed by atoms with E-state index in [2.05, 4.69) is 45.2 Å². The van der Waals surface area contributed by atoms with E-state index >= 15 is 0 Å². The first kappa shape index (κ1) is 16.2. The molecule has 1 saturated carbocycles. The van der Waals surface area contributed by atoms with Gasteiger partial charge >= 0.3 is 0 Å². The molecule has 3 nitrogen and oxygen atoms in total. The molecule has 128 valence electrons. The Morgan fingerprint density at radius 2 is 2.04 bits per heavy atom. The van der Waals surface area contributed by atoms with E-state index in [1.54, 1.807) is 6.33 Å². The molecule has 24 heavy (non-hydrogen) atoms. The minimum atomic E-state index is 0.636. The van der Waals surface area contributed by atoms with E-state index in [1.165, 1.54) is 44.2 Å². The lowest BCUT2D eigenvalue weighted by Gasteiger charge is -2.36. The molecule has 0 radical (unpaired) electrons. The highest BCUT2D eigenvalue weighted by Gasteiger charge is 2.38. The molecular formula is C20H26ClN3. The number of nitrogens with one attached hydrogen (secondary N) is 1. The number of halogens is 1. The van der Waals surface area contributed by atoms with Crippen LogP contribution in [0.25, 0.3) is 0 Å². The van der Waals surface area contributed by atoms with Crippen molar-refractivity contribution >= 4 is 11.6 Å². The zero-order valence-electron chi connectivity index (χ0n) is 14.1. The number of imidazole rings is 1. The van der Waals surface area contributed by atoms with Crippen LogP contribution in [-0.4, -0.2) is 34.0 Å². The van der Waals surface area contributed by atoms with Crippen molar-refractivity contribution in [1.29, 1.82) is 0 Å². The third kappa shape index (κ3) is 3.52. The molecule has 2 heterocycles. The predicted octanol–water partition coefficient (Wildman–Crippen LogP) is 4.34. The van der Waals surface area contributed by atoms with E-state index in [1.807, 2.05) is 0 Å². The molecule has 1 aromatic heterocycles. The molecule has 1 aromatic carbocycles. The summed E-state index contributed by atoms with van der Waals surface area (Å²) in [6, 6.07) is 11.8. The average molecular weight is 344 g/mol. The molecule has 0 bridgehead atoms. The van der Waals surface area contributed by atoms with Gasteiger partial charge in [-0.2, -0.15) is 0 Å². The Kier molecular flexibility index (Phi) is 4.91. The lowest BCUT2D eigenvalue weighted by atomic mass is 9.76. The van der Waals surface area contributed by atoms with Crippen LogP contribution < -0.4 is 0 Å². The van der Waals surface area contributed by atoms with Crippen molar-refractivity contribution in [2.24, 2.45) is 11.8 Å². The lowest BCUT2D eigenvalue weighted by Crippen LogP contribution is -2.38. The average Bonchev–Trinajstić information content (AvgIpc) is 3.19. The number of hydrogen-bond acceptors (Lipinski definition) is 2. The highest BCUT2D eigenvalue weighted by molar-refractivity contribution is 6.30. The largest absolute Gasteiger partial charge is 0.347 e. The first-order chi connectivity index (χ1) is 11.8. The fourth-order valence-electron chi connectivity index (χ4n) is 4.78. The molecule has 3 atom stereocenters. The van der Waals surface area contributed by atoms with E-state index in [-0.39, 0.29) is 0 Å². The summed E-state index contributed by atoms with van der Waals surface area (Å²) in [5.41, 5.74) is 2.59. The van der Waals surface area contributed by atoms with Crippen molar-refractivity contribution in [3.8, 4) is 0 Å². The number of benzene rings is 1. The molecule has 2 aromatic rings. The van der Waals surface area contributed by atoms with Crippen molar-refractivity contribution in [3.63, 3.8) is 0 Å². The van der Waals surface area contributed by atoms with Crippen LogP contribution in [0.3, 0.4) is 0 Å². The summed E-state index contributed by atoms with van der Waals surface area (Å²) >= 11 is 6.10. The van der Waals surface area contributed by atoms with Crippen LogP contribution in [0.15, 0.2) is 36.7 Å². The van der Waals surface area contributed by atoms with Gasteiger partial charge in [-0.3, -0.25) is 4.90 Å². The third-order valence-corrected chi connectivity index (χ3v) is 6.31. The third-order valence-electron chi connectivity index (χ3n) is 5.99. The van der Waals surface area contributed by atoms with E-state index in [0.29, 0.717) is 5.15 Å². The van der Waals surface area contributed by atoms with Gasteiger partial charge in [-0.1, -0.05) is 41.9 Å². The quantitative estimate of drug-likeness (QED) is 0.875. The first-order valence-electron chi connectivity index (χ1n) is 9.25. The summed E-state index contributed by atoms with van der Waals surface area (Å²) < 4.78 is 0. The highest BCUT2D eigenvalue weighted by Crippen LogP contribution is 2.40. The smallest absolute Gasteiger partial charge is 0.150 e. The summed E-state index contributed by atoms with van der Waals surface area (Å²) in [7, 11) is 0. The second-order valence-electron chi connectivity index (χ2n) is 7.44. The summed E-state index contributed by atoms with van der Waals surface area (Å²) in [5, 5.41) is 0.636. The Morgan fingerprint density at radius 1 is 1.17 bits per heavy atom. The molecule has 1 saturated heterocycles. The monoisotopic (exact) mass is 343 g/mol. The number of nitrogens with zero attached hydrogens (tertiary/aromatic N) is 2. The van der Waals surface area contributed by atoms with Gasteiger partial charge in [0.2, 0.25) is 0 Å². The van der Waals surface area contributed by atoms with E-state index in [9.17, 15) is 0 Å². The van der Waals surface area contributed by atoms with E-state index < -0.39 is 0 Å². The van der Waals surface area contributed by atoms with Gasteiger partial charge in [-0.05, 0) is 56.0 Å². The summed E-state index contributed by atoms with van der Waals surface area (Å²) in [4.78, 5) is 9.95. The number of H-pyrrole nitrogens is 1. The zero-order valence-corrected chi connectivity index (χ0v) is 14.9. The molecule has 0 spiro atoms. The standard InChI is InChI=1S/C20H26ClN3/c21-20-18(22-14-23-20)9-11-24-10-8-17-13-16(6-7-19(17)24)12-15-4-2-1-3-5-15/h1-5,14,16-17,19H,6-13H2,(H,22,23)/t16-,17+,19-/m0/s1. The normalized spacial score (nSPS) is 27.3.